The molecule has 5 heteroatoms. The minimum atomic E-state index is -1.39. The summed E-state index contributed by atoms with van der Waals surface area (Å²) in [7, 11) is 0. The van der Waals surface area contributed by atoms with Crippen LogP contribution in [0.2, 0.25) is 0 Å². The molecular formula is C9H12O5. The molecule has 0 aromatic rings. The third kappa shape index (κ3) is 5.08. The molecule has 78 valence electrons. The van der Waals surface area contributed by atoms with Gasteiger partial charge in [-0.2, -0.15) is 0 Å². The highest BCUT2D eigenvalue weighted by atomic mass is 16.6. The van der Waals surface area contributed by atoms with E-state index >= 15 is 0 Å². The van der Waals surface area contributed by atoms with Gasteiger partial charge in [-0.25, -0.2) is 0 Å². The van der Waals surface area contributed by atoms with Crippen LogP contribution in [0.4, 0.5) is 0 Å². The quantitative estimate of drug-likeness (QED) is 0.377. The third-order valence-corrected chi connectivity index (χ3v) is 1.23. The first-order valence-electron chi connectivity index (χ1n) is 3.90. The highest BCUT2D eigenvalue weighted by molar-refractivity contribution is 5.74. The van der Waals surface area contributed by atoms with E-state index in [2.05, 4.69) is 9.47 Å². The largest absolute Gasteiger partial charge is 0.447 e. The molecule has 0 amide bonds. The molecule has 0 saturated heterocycles. The van der Waals surface area contributed by atoms with Gasteiger partial charge in [-0.3, -0.25) is 14.4 Å². The normalized spacial score (nSPS) is 14.5. The van der Waals surface area contributed by atoms with Crippen molar-refractivity contribution < 1.29 is 23.9 Å². The van der Waals surface area contributed by atoms with Gasteiger partial charge in [0, 0.05) is 19.9 Å². The molecule has 0 heterocycles. The summed E-state index contributed by atoms with van der Waals surface area (Å²) in [5.74, 6) is -1.11. The molecular weight excluding hydrogens is 188 g/mol. The first kappa shape index (κ1) is 12.3. The Labute approximate surface area is 81.7 Å². The predicted molar refractivity (Wildman–Crippen MR) is 47.1 cm³/mol. The Morgan fingerprint density at radius 2 is 1.79 bits per heavy atom. The molecule has 0 aliphatic carbocycles. The Kier molecular flexibility index (Phi) is 4.55. The van der Waals surface area contributed by atoms with Gasteiger partial charge < -0.3 is 9.47 Å². The highest BCUT2D eigenvalue weighted by Gasteiger charge is 2.23. The molecule has 0 aliphatic heterocycles. The number of aldehydes is 1. The van der Waals surface area contributed by atoms with Crippen molar-refractivity contribution in [2.45, 2.75) is 26.4 Å². The monoisotopic (exact) mass is 200 g/mol. The summed E-state index contributed by atoms with van der Waals surface area (Å²) in [5.41, 5.74) is -1.39. The second-order valence-electron chi connectivity index (χ2n) is 2.81. The zero-order valence-corrected chi connectivity index (χ0v) is 8.27. The number of carbonyl (C=O) groups excluding carboxylic acids is 3. The van der Waals surface area contributed by atoms with Crippen LogP contribution < -0.4 is 0 Å². The average Bonchev–Trinajstić information content (AvgIpc) is 2.02. The summed E-state index contributed by atoms with van der Waals surface area (Å²) in [4.78, 5) is 31.5. The summed E-state index contributed by atoms with van der Waals surface area (Å²) in [5, 5.41) is 0. The maximum absolute atomic E-state index is 10.6. The van der Waals surface area contributed by atoms with Gasteiger partial charge in [0.2, 0.25) is 0 Å². The fraction of sp³-hybridized carbons (Fsp3) is 0.444. The van der Waals surface area contributed by atoms with Gasteiger partial charge >= 0.3 is 11.9 Å². The van der Waals surface area contributed by atoms with Crippen molar-refractivity contribution in [1.82, 2.24) is 0 Å². The van der Waals surface area contributed by atoms with Gasteiger partial charge in [-0.05, 0) is 6.92 Å². The van der Waals surface area contributed by atoms with E-state index in [-0.39, 0.29) is 0 Å². The van der Waals surface area contributed by atoms with Gasteiger partial charge in [0.25, 0.3) is 0 Å². The lowest BCUT2D eigenvalue weighted by molar-refractivity contribution is -0.154. The average molecular weight is 200 g/mol. The molecule has 5 nitrogen and oxygen atoms in total. The summed E-state index contributed by atoms with van der Waals surface area (Å²) in [6.07, 6.45) is 2.64. The lowest BCUT2D eigenvalue weighted by Gasteiger charge is -2.17. The summed E-state index contributed by atoms with van der Waals surface area (Å²) in [6, 6.07) is 0. The summed E-state index contributed by atoms with van der Waals surface area (Å²) >= 11 is 0. The van der Waals surface area contributed by atoms with Crippen molar-refractivity contribution in [2.75, 3.05) is 0 Å². The molecule has 0 spiro atoms. The van der Waals surface area contributed by atoms with Crippen molar-refractivity contribution in [3.8, 4) is 0 Å². The Balaban J connectivity index is 4.38. The Morgan fingerprint density at radius 1 is 1.21 bits per heavy atom. The lowest BCUT2D eigenvalue weighted by Crippen LogP contribution is -2.30. The highest BCUT2D eigenvalue weighted by Crippen LogP contribution is 2.09. The van der Waals surface area contributed by atoms with Crippen LogP contribution in [0, 0.1) is 0 Å². The van der Waals surface area contributed by atoms with Crippen LogP contribution in [-0.2, 0) is 23.9 Å². The summed E-state index contributed by atoms with van der Waals surface area (Å²) < 4.78 is 9.14. The van der Waals surface area contributed by atoms with E-state index in [1.165, 1.54) is 26.8 Å². The SMILES string of the molecule is CC(=O)O/C=C\C(C)(C=O)OC(C)=O. The molecule has 14 heavy (non-hydrogen) atoms. The van der Waals surface area contributed by atoms with Crippen LogP contribution in [-0.4, -0.2) is 23.8 Å². The van der Waals surface area contributed by atoms with E-state index in [1.807, 2.05) is 0 Å². The van der Waals surface area contributed by atoms with Crippen molar-refractivity contribution in [1.29, 1.82) is 0 Å². The Hall–Kier alpha value is -1.65. The van der Waals surface area contributed by atoms with Crippen LogP contribution in [0.15, 0.2) is 12.3 Å². The van der Waals surface area contributed by atoms with Crippen molar-refractivity contribution >= 4 is 18.2 Å². The minimum absolute atomic E-state index is 0.439. The van der Waals surface area contributed by atoms with Crippen molar-refractivity contribution in [3.05, 3.63) is 12.3 Å². The molecule has 0 rings (SSSR count). The van der Waals surface area contributed by atoms with Gasteiger partial charge in [-0.1, -0.05) is 0 Å². The third-order valence-electron chi connectivity index (χ3n) is 1.23. The standard InChI is InChI=1S/C9H12O5/c1-7(11)13-5-4-9(3,6-10)14-8(2)12/h4-6H,1-3H3/b5-4-. The van der Waals surface area contributed by atoms with E-state index in [9.17, 15) is 14.4 Å². The number of hydrogen-bond donors (Lipinski definition) is 0. The van der Waals surface area contributed by atoms with Gasteiger partial charge in [0.1, 0.15) is 0 Å². The lowest BCUT2D eigenvalue weighted by atomic mass is 10.1. The van der Waals surface area contributed by atoms with Crippen molar-refractivity contribution in [3.63, 3.8) is 0 Å². The molecule has 0 N–H and O–H groups in total. The zero-order chi connectivity index (χ0) is 11.2. The van der Waals surface area contributed by atoms with Crippen molar-refractivity contribution in [2.24, 2.45) is 0 Å². The minimum Gasteiger partial charge on any atom is -0.447 e. The van der Waals surface area contributed by atoms with Gasteiger partial charge in [0.15, 0.2) is 11.9 Å². The first-order valence-corrected chi connectivity index (χ1v) is 3.90. The maximum Gasteiger partial charge on any atom is 0.307 e. The molecule has 0 aliphatic rings. The van der Waals surface area contributed by atoms with Crippen LogP contribution in [0.3, 0.4) is 0 Å². The number of carbonyl (C=O) groups is 3. The molecule has 0 fully saturated rings. The number of hydrogen-bond acceptors (Lipinski definition) is 5. The van der Waals surface area contributed by atoms with Gasteiger partial charge in [-0.15, -0.1) is 0 Å². The number of ether oxygens (including phenoxy) is 2. The van der Waals surface area contributed by atoms with Crippen LogP contribution in [0.25, 0.3) is 0 Å². The smallest absolute Gasteiger partial charge is 0.307 e. The van der Waals surface area contributed by atoms with Crippen LogP contribution >= 0.6 is 0 Å². The number of esters is 2. The predicted octanol–water partition coefficient (Wildman–Crippen LogP) is 0.584. The van der Waals surface area contributed by atoms with E-state index in [0.717, 1.165) is 6.26 Å². The molecule has 0 saturated carbocycles. The van der Waals surface area contributed by atoms with E-state index in [0.29, 0.717) is 6.29 Å². The van der Waals surface area contributed by atoms with Gasteiger partial charge in [0.05, 0.1) is 6.26 Å². The molecule has 1 unspecified atom stereocenters. The fourth-order valence-electron chi connectivity index (χ4n) is 0.672. The maximum atomic E-state index is 10.6. The fourth-order valence-corrected chi connectivity index (χ4v) is 0.672. The topological polar surface area (TPSA) is 69.7 Å². The molecule has 0 aromatic heterocycles. The first-order chi connectivity index (χ1) is 6.39. The second kappa shape index (κ2) is 5.16. The van der Waals surface area contributed by atoms with Crippen LogP contribution in [0.1, 0.15) is 20.8 Å². The molecule has 0 bridgehead atoms. The zero-order valence-electron chi connectivity index (χ0n) is 8.27. The van der Waals surface area contributed by atoms with Crippen LogP contribution in [0.5, 0.6) is 0 Å². The molecule has 0 radical (unpaired) electrons. The Bertz CT molecular complexity index is 268. The molecule has 0 aromatic carbocycles. The van der Waals surface area contributed by atoms with E-state index < -0.39 is 17.5 Å². The molecule has 1 atom stereocenters. The second-order valence-corrected chi connectivity index (χ2v) is 2.81. The Morgan fingerprint density at radius 3 is 2.14 bits per heavy atom. The van der Waals surface area contributed by atoms with E-state index in [1.54, 1.807) is 0 Å². The van der Waals surface area contributed by atoms with E-state index in [4.69, 9.17) is 0 Å². The summed E-state index contributed by atoms with van der Waals surface area (Å²) in [6.45, 7) is 3.78. The number of rotatable bonds is 4.